The van der Waals surface area contributed by atoms with Crippen molar-refractivity contribution in [3.8, 4) is 22.4 Å². The molecule has 5 nitrogen and oxygen atoms in total. The monoisotopic (exact) mass is 471 g/mol. The highest BCUT2D eigenvalue weighted by Gasteiger charge is 2.09. The lowest BCUT2D eigenvalue weighted by atomic mass is 10.0. The van der Waals surface area contributed by atoms with Gasteiger partial charge in [0.25, 0.3) is 0 Å². The number of thiazole rings is 1. The molecule has 0 spiro atoms. The number of hydrogen-bond acceptors (Lipinski definition) is 4. The van der Waals surface area contributed by atoms with Crippen LogP contribution in [0, 0.1) is 0 Å². The van der Waals surface area contributed by atoms with Gasteiger partial charge in [0.2, 0.25) is 4.80 Å². The Morgan fingerprint density at radius 3 is 2.40 bits per heavy atom. The van der Waals surface area contributed by atoms with E-state index < -0.39 is 0 Å². The predicted molar refractivity (Wildman–Crippen MR) is 144 cm³/mol. The van der Waals surface area contributed by atoms with Crippen LogP contribution in [0.25, 0.3) is 33.3 Å². The molecule has 0 amide bonds. The van der Waals surface area contributed by atoms with E-state index in [1.165, 1.54) is 11.1 Å². The van der Waals surface area contributed by atoms with Gasteiger partial charge in [-0.05, 0) is 29.3 Å². The average Bonchev–Trinajstić information content (AvgIpc) is 3.52. The van der Waals surface area contributed by atoms with Gasteiger partial charge >= 0.3 is 0 Å². The second-order valence-corrected chi connectivity index (χ2v) is 8.85. The fourth-order valence-electron chi connectivity index (χ4n) is 4.00. The summed E-state index contributed by atoms with van der Waals surface area (Å²) < 4.78 is 1.90. The molecule has 3 heterocycles. The van der Waals surface area contributed by atoms with Crippen LogP contribution in [0.1, 0.15) is 5.56 Å². The summed E-state index contributed by atoms with van der Waals surface area (Å²) in [4.78, 5) is 13.1. The van der Waals surface area contributed by atoms with Crippen molar-refractivity contribution in [2.75, 3.05) is 0 Å². The van der Waals surface area contributed by atoms with E-state index in [9.17, 15) is 0 Å². The minimum atomic E-state index is 0.774. The topological polar surface area (TPSA) is 58.3 Å². The zero-order chi connectivity index (χ0) is 23.5. The number of aromatic amines is 1. The Bertz CT molecular complexity index is 1670. The van der Waals surface area contributed by atoms with E-state index in [1.54, 1.807) is 23.7 Å². The molecule has 0 fully saturated rings. The van der Waals surface area contributed by atoms with Crippen LogP contribution in [0.15, 0.2) is 125 Å². The number of hydrogen-bond donors (Lipinski definition) is 1. The van der Waals surface area contributed by atoms with E-state index in [1.807, 2.05) is 47.4 Å². The molecule has 168 valence electrons. The lowest BCUT2D eigenvalue weighted by Crippen LogP contribution is -2.11. The van der Waals surface area contributed by atoms with E-state index in [-0.39, 0.29) is 0 Å². The van der Waals surface area contributed by atoms with Crippen molar-refractivity contribution >= 4 is 34.1 Å². The first-order valence-corrected chi connectivity index (χ1v) is 12.1. The number of nitrogens with zero attached hydrogens (tertiary/aromatic N) is 4. The van der Waals surface area contributed by atoms with E-state index >= 15 is 0 Å². The number of aromatic nitrogens is 3. The van der Waals surface area contributed by atoms with Crippen molar-refractivity contribution in [1.82, 2.24) is 14.6 Å². The summed E-state index contributed by atoms with van der Waals surface area (Å²) in [6.45, 7) is 0. The molecule has 0 saturated heterocycles. The first-order valence-electron chi connectivity index (χ1n) is 11.3. The lowest BCUT2D eigenvalue weighted by Gasteiger charge is -2.06. The Labute approximate surface area is 206 Å². The SMILES string of the molecule is C(=Nn1c(-c2ccc(-c3ccccc3)cc2)csc1=Nc1cccnc1)c1c[nH]c2ccccc12. The maximum Gasteiger partial charge on any atom is 0.211 e. The molecule has 0 unspecified atom stereocenters. The van der Waals surface area contributed by atoms with Crippen LogP contribution in [0.2, 0.25) is 0 Å². The van der Waals surface area contributed by atoms with Gasteiger partial charge in [-0.15, -0.1) is 11.3 Å². The molecular formula is C29H21N5S. The average molecular weight is 472 g/mol. The van der Waals surface area contributed by atoms with Crippen molar-refractivity contribution in [1.29, 1.82) is 0 Å². The van der Waals surface area contributed by atoms with Gasteiger partial charge < -0.3 is 4.98 Å². The first-order chi connectivity index (χ1) is 17.3. The number of pyridine rings is 1. The normalized spacial score (nSPS) is 12.1. The van der Waals surface area contributed by atoms with Gasteiger partial charge in [-0.25, -0.2) is 9.67 Å². The highest BCUT2D eigenvalue weighted by Crippen LogP contribution is 2.26. The molecular weight excluding hydrogens is 450 g/mol. The number of benzene rings is 3. The molecule has 0 aliphatic heterocycles. The fraction of sp³-hybridized carbons (Fsp3) is 0. The van der Waals surface area contributed by atoms with E-state index in [4.69, 9.17) is 10.1 Å². The Kier molecular flexibility index (Phi) is 5.62. The number of rotatable bonds is 5. The summed E-state index contributed by atoms with van der Waals surface area (Å²) in [5.74, 6) is 0. The zero-order valence-corrected chi connectivity index (χ0v) is 19.6. The second-order valence-electron chi connectivity index (χ2n) is 8.02. The molecule has 0 bridgehead atoms. The Morgan fingerprint density at radius 1 is 0.800 bits per heavy atom. The van der Waals surface area contributed by atoms with Crippen LogP contribution in [0.5, 0.6) is 0 Å². The standard InChI is InChI=1S/C29H21N5S/c1-2-7-21(8-3-1)22-12-14-23(15-13-22)28-20-35-29(33-25-9-6-16-30-19-25)34(28)32-18-24-17-31-27-11-5-4-10-26(24)27/h1-20,31H. The molecule has 3 aromatic carbocycles. The minimum absolute atomic E-state index is 0.774. The molecule has 0 saturated carbocycles. The molecule has 0 aliphatic rings. The third-order valence-corrected chi connectivity index (χ3v) is 6.59. The number of H-pyrrole nitrogens is 1. The maximum absolute atomic E-state index is 4.88. The number of fused-ring (bicyclic) bond motifs is 1. The highest BCUT2D eigenvalue weighted by atomic mass is 32.1. The number of para-hydroxylation sites is 1. The van der Waals surface area contributed by atoms with Gasteiger partial charge in [0.15, 0.2) is 0 Å². The van der Waals surface area contributed by atoms with Gasteiger partial charge in [-0.3, -0.25) is 4.98 Å². The predicted octanol–water partition coefficient (Wildman–Crippen LogP) is 6.87. The molecule has 6 aromatic rings. The smallest absolute Gasteiger partial charge is 0.211 e. The lowest BCUT2D eigenvalue weighted by molar-refractivity contribution is 0.854. The van der Waals surface area contributed by atoms with Gasteiger partial charge in [0, 0.05) is 39.8 Å². The molecule has 1 N–H and O–H groups in total. The Hall–Kier alpha value is -4.55. The minimum Gasteiger partial charge on any atom is -0.361 e. The molecule has 6 heteroatoms. The van der Waals surface area contributed by atoms with Crippen LogP contribution in [-0.2, 0) is 0 Å². The van der Waals surface area contributed by atoms with Crippen LogP contribution in [-0.4, -0.2) is 20.9 Å². The summed E-state index contributed by atoms with van der Waals surface area (Å²) in [5, 5.41) is 8.11. The van der Waals surface area contributed by atoms with Gasteiger partial charge in [-0.1, -0.05) is 72.8 Å². The van der Waals surface area contributed by atoms with Crippen molar-refractivity contribution in [2.45, 2.75) is 0 Å². The molecule has 3 aromatic heterocycles. The van der Waals surface area contributed by atoms with E-state index in [0.29, 0.717) is 0 Å². The molecule has 0 atom stereocenters. The maximum atomic E-state index is 4.88. The fourth-order valence-corrected chi connectivity index (χ4v) is 4.86. The van der Waals surface area contributed by atoms with Crippen LogP contribution >= 0.6 is 11.3 Å². The van der Waals surface area contributed by atoms with E-state index in [0.717, 1.165) is 38.2 Å². The Balaban J connectivity index is 1.44. The van der Waals surface area contributed by atoms with Crippen LogP contribution in [0.4, 0.5) is 5.69 Å². The second kappa shape index (κ2) is 9.37. The summed E-state index contributed by atoms with van der Waals surface area (Å²) in [7, 11) is 0. The quantitative estimate of drug-likeness (QED) is 0.274. The summed E-state index contributed by atoms with van der Waals surface area (Å²) in [5.41, 5.74) is 7.33. The van der Waals surface area contributed by atoms with Crippen molar-refractivity contribution < 1.29 is 0 Å². The molecule has 0 aliphatic carbocycles. The van der Waals surface area contributed by atoms with Crippen molar-refractivity contribution in [3.63, 3.8) is 0 Å². The van der Waals surface area contributed by atoms with Crippen molar-refractivity contribution in [2.24, 2.45) is 10.1 Å². The Morgan fingerprint density at radius 2 is 1.57 bits per heavy atom. The largest absolute Gasteiger partial charge is 0.361 e. The summed E-state index contributed by atoms with van der Waals surface area (Å²) in [6, 6.07) is 31.0. The summed E-state index contributed by atoms with van der Waals surface area (Å²) in [6.07, 6.45) is 7.36. The summed E-state index contributed by atoms with van der Waals surface area (Å²) >= 11 is 1.55. The molecule has 0 radical (unpaired) electrons. The highest BCUT2D eigenvalue weighted by molar-refractivity contribution is 7.07. The first kappa shape index (κ1) is 21.0. The molecule has 35 heavy (non-hydrogen) atoms. The zero-order valence-electron chi connectivity index (χ0n) is 18.7. The van der Waals surface area contributed by atoms with Crippen LogP contribution < -0.4 is 4.80 Å². The van der Waals surface area contributed by atoms with Gasteiger partial charge in [0.1, 0.15) is 0 Å². The third-order valence-electron chi connectivity index (χ3n) is 5.78. The van der Waals surface area contributed by atoms with Crippen molar-refractivity contribution in [3.05, 3.63) is 125 Å². The van der Waals surface area contributed by atoms with Crippen LogP contribution in [0.3, 0.4) is 0 Å². The van der Waals surface area contributed by atoms with E-state index in [2.05, 4.69) is 76.0 Å². The third kappa shape index (κ3) is 4.35. The number of nitrogens with one attached hydrogen (secondary N) is 1. The van der Waals surface area contributed by atoms with Gasteiger partial charge in [0.05, 0.1) is 23.8 Å². The molecule has 6 rings (SSSR count). The van der Waals surface area contributed by atoms with Gasteiger partial charge in [-0.2, -0.15) is 5.10 Å².